The highest BCUT2D eigenvalue weighted by Gasteiger charge is 2.41. The van der Waals surface area contributed by atoms with Crippen molar-refractivity contribution in [2.75, 3.05) is 18.1 Å². The van der Waals surface area contributed by atoms with E-state index in [0.717, 1.165) is 11.3 Å². The van der Waals surface area contributed by atoms with Crippen LogP contribution in [-0.2, 0) is 9.59 Å². The fourth-order valence-electron chi connectivity index (χ4n) is 2.85. The molecule has 2 aromatic carbocycles. The topological polar surface area (TPSA) is 76.1 Å². The number of carbonyl (C=O) groups is 2. The van der Waals surface area contributed by atoms with Gasteiger partial charge in [0.1, 0.15) is 11.5 Å². The summed E-state index contributed by atoms with van der Waals surface area (Å²) in [6.45, 7) is 4.80. The highest BCUT2D eigenvalue weighted by atomic mass is 16.5. The third-order valence-corrected chi connectivity index (χ3v) is 4.08. The maximum Gasteiger partial charge on any atom is 0.301 e. The van der Waals surface area contributed by atoms with Gasteiger partial charge in [0.05, 0.1) is 24.5 Å². The van der Waals surface area contributed by atoms with Crippen molar-refractivity contribution >= 4 is 23.1 Å². The van der Waals surface area contributed by atoms with Crippen LogP contribution in [0.4, 0.5) is 5.69 Å². The Morgan fingerprint density at radius 3 is 2.30 bits per heavy atom. The zero-order valence-corrected chi connectivity index (χ0v) is 15.3. The molecule has 0 saturated carbocycles. The number of imide groups is 1. The molecule has 27 heavy (non-hydrogen) atoms. The Hall–Kier alpha value is -3.28. The number of aliphatic hydroxyl groups is 1. The average molecular weight is 367 g/mol. The molecule has 1 N–H and O–H groups in total. The summed E-state index contributed by atoms with van der Waals surface area (Å²) >= 11 is 0. The van der Waals surface area contributed by atoms with Gasteiger partial charge in [-0.25, -0.2) is 4.90 Å². The van der Waals surface area contributed by atoms with E-state index in [1.807, 2.05) is 13.8 Å². The van der Waals surface area contributed by atoms with Crippen molar-refractivity contribution in [3.63, 3.8) is 0 Å². The van der Waals surface area contributed by atoms with Gasteiger partial charge < -0.3 is 14.6 Å². The zero-order valence-electron chi connectivity index (χ0n) is 15.3. The summed E-state index contributed by atoms with van der Waals surface area (Å²) in [4.78, 5) is 26.5. The first-order valence-electron chi connectivity index (χ1n) is 8.85. The number of carbonyl (C=O) groups excluding carboxylic acids is 2. The maximum absolute atomic E-state index is 12.9. The van der Waals surface area contributed by atoms with Crippen LogP contribution in [0.1, 0.15) is 25.8 Å². The molecule has 1 aliphatic heterocycles. The molecular weight excluding hydrogens is 346 g/mol. The first-order valence-corrected chi connectivity index (χ1v) is 8.85. The molecule has 0 fully saturated rings. The molecule has 0 radical (unpaired) electrons. The lowest BCUT2D eigenvalue weighted by molar-refractivity contribution is -0.121. The molecule has 6 nitrogen and oxygen atoms in total. The van der Waals surface area contributed by atoms with Crippen molar-refractivity contribution < 1.29 is 24.2 Å². The lowest BCUT2D eigenvalue weighted by atomic mass is 10.1. The second kappa shape index (κ2) is 7.95. The van der Waals surface area contributed by atoms with Gasteiger partial charge in [0, 0.05) is 0 Å². The Balaban J connectivity index is 1.93. The minimum absolute atomic E-state index is 0.0339. The normalized spacial score (nSPS) is 14.1. The van der Waals surface area contributed by atoms with Crippen LogP contribution >= 0.6 is 0 Å². The molecule has 2 amide bonds. The van der Waals surface area contributed by atoms with E-state index in [4.69, 9.17) is 9.47 Å². The van der Waals surface area contributed by atoms with Crippen LogP contribution in [0.25, 0.3) is 5.57 Å². The van der Waals surface area contributed by atoms with E-state index in [-0.39, 0.29) is 5.57 Å². The summed E-state index contributed by atoms with van der Waals surface area (Å²) in [7, 11) is 0. The van der Waals surface area contributed by atoms with Gasteiger partial charge in [0.25, 0.3) is 5.91 Å². The second-order valence-corrected chi connectivity index (χ2v) is 5.94. The first kappa shape index (κ1) is 18.5. The summed E-state index contributed by atoms with van der Waals surface area (Å²) < 4.78 is 11.0. The number of benzene rings is 2. The highest BCUT2D eigenvalue weighted by molar-refractivity contribution is 6.45. The van der Waals surface area contributed by atoms with E-state index < -0.39 is 17.6 Å². The van der Waals surface area contributed by atoms with Crippen LogP contribution in [0.5, 0.6) is 11.5 Å². The highest BCUT2D eigenvalue weighted by Crippen LogP contribution is 2.36. The molecule has 0 aliphatic carbocycles. The number of anilines is 1. The van der Waals surface area contributed by atoms with Crippen molar-refractivity contribution in [1.82, 2.24) is 0 Å². The van der Waals surface area contributed by atoms with Gasteiger partial charge in [0.2, 0.25) is 0 Å². The number of aliphatic hydroxyl groups excluding tert-OH is 1. The monoisotopic (exact) mass is 367 g/mol. The SMILES string of the molecule is CCCOc1ccc(C2=C(O)C(=O)N(c3ccccc3OCC)C2=O)cc1. The lowest BCUT2D eigenvalue weighted by Crippen LogP contribution is -2.32. The van der Waals surface area contributed by atoms with Gasteiger partial charge in [-0.15, -0.1) is 0 Å². The number of amides is 2. The Morgan fingerprint density at radius 2 is 1.63 bits per heavy atom. The molecule has 0 unspecified atom stereocenters. The summed E-state index contributed by atoms with van der Waals surface area (Å²) in [5.41, 5.74) is 0.721. The van der Waals surface area contributed by atoms with E-state index in [1.165, 1.54) is 0 Å². The molecule has 0 atom stereocenters. The van der Waals surface area contributed by atoms with E-state index in [1.54, 1.807) is 48.5 Å². The molecule has 6 heteroatoms. The number of para-hydroxylation sites is 2. The summed E-state index contributed by atoms with van der Waals surface area (Å²) in [5, 5.41) is 10.3. The average Bonchev–Trinajstić information content (AvgIpc) is 2.90. The van der Waals surface area contributed by atoms with E-state index >= 15 is 0 Å². The molecule has 1 heterocycles. The van der Waals surface area contributed by atoms with Gasteiger partial charge in [-0.3, -0.25) is 9.59 Å². The van der Waals surface area contributed by atoms with E-state index in [0.29, 0.717) is 36.0 Å². The van der Waals surface area contributed by atoms with Crippen LogP contribution in [0.15, 0.2) is 54.3 Å². The fourth-order valence-corrected chi connectivity index (χ4v) is 2.85. The van der Waals surface area contributed by atoms with Gasteiger partial charge in [-0.2, -0.15) is 0 Å². The molecule has 2 aromatic rings. The fraction of sp³-hybridized carbons (Fsp3) is 0.238. The lowest BCUT2D eigenvalue weighted by Gasteiger charge is -2.18. The van der Waals surface area contributed by atoms with Crippen LogP contribution < -0.4 is 14.4 Å². The number of hydrogen-bond acceptors (Lipinski definition) is 5. The number of ether oxygens (including phenoxy) is 2. The maximum atomic E-state index is 12.9. The van der Waals surface area contributed by atoms with Crippen molar-refractivity contribution in [1.29, 1.82) is 0 Å². The van der Waals surface area contributed by atoms with Crippen LogP contribution in [0, 0.1) is 0 Å². The summed E-state index contributed by atoms with van der Waals surface area (Å²) in [5.74, 6) is -0.871. The van der Waals surface area contributed by atoms with Gasteiger partial charge in [0.15, 0.2) is 5.76 Å². The minimum Gasteiger partial charge on any atom is -0.502 e. The van der Waals surface area contributed by atoms with E-state index in [9.17, 15) is 14.7 Å². The quantitative estimate of drug-likeness (QED) is 0.755. The third kappa shape index (κ3) is 3.51. The van der Waals surface area contributed by atoms with Gasteiger partial charge in [-0.1, -0.05) is 31.2 Å². The molecule has 140 valence electrons. The third-order valence-electron chi connectivity index (χ3n) is 4.08. The number of hydrogen-bond donors (Lipinski definition) is 1. The zero-order chi connectivity index (χ0) is 19.4. The smallest absolute Gasteiger partial charge is 0.301 e. The summed E-state index contributed by atoms with van der Waals surface area (Å²) in [6, 6.07) is 13.5. The van der Waals surface area contributed by atoms with Crippen molar-refractivity contribution in [3.05, 3.63) is 59.9 Å². The predicted molar refractivity (Wildman–Crippen MR) is 102 cm³/mol. The predicted octanol–water partition coefficient (Wildman–Crippen LogP) is 3.72. The molecular formula is C21H21NO5. The second-order valence-electron chi connectivity index (χ2n) is 5.94. The van der Waals surface area contributed by atoms with Gasteiger partial charge >= 0.3 is 5.91 Å². The summed E-state index contributed by atoms with van der Waals surface area (Å²) in [6.07, 6.45) is 0.884. The number of nitrogens with zero attached hydrogens (tertiary/aromatic N) is 1. The van der Waals surface area contributed by atoms with Crippen LogP contribution in [0.2, 0.25) is 0 Å². The van der Waals surface area contributed by atoms with Crippen molar-refractivity contribution in [2.24, 2.45) is 0 Å². The Bertz CT molecular complexity index is 886. The molecule has 3 rings (SSSR count). The Labute approximate surface area is 157 Å². The van der Waals surface area contributed by atoms with Crippen molar-refractivity contribution in [2.45, 2.75) is 20.3 Å². The molecule has 1 aliphatic rings. The Morgan fingerprint density at radius 1 is 0.926 bits per heavy atom. The number of rotatable bonds is 7. The van der Waals surface area contributed by atoms with Gasteiger partial charge in [-0.05, 0) is 43.2 Å². The van der Waals surface area contributed by atoms with Crippen molar-refractivity contribution in [3.8, 4) is 11.5 Å². The molecule has 0 aromatic heterocycles. The van der Waals surface area contributed by atoms with E-state index in [2.05, 4.69) is 0 Å². The standard InChI is InChI=1S/C21H21NO5/c1-3-13-27-15-11-9-14(10-12-15)18-19(23)21(25)22(20(18)24)16-7-5-6-8-17(16)26-4-2/h5-12,23H,3-4,13H2,1-2H3. The molecule has 0 bridgehead atoms. The van der Waals surface area contributed by atoms with Crippen LogP contribution in [0.3, 0.4) is 0 Å². The molecule has 0 spiro atoms. The largest absolute Gasteiger partial charge is 0.502 e. The first-order chi connectivity index (χ1) is 13.1. The Kier molecular flexibility index (Phi) is 5.45. The molecule has 0 saturated heterocycles. The minimum atomic E-state index is -0.770. The van der Waals surface area contributed by atoms with Crippen LogP contribution in [-0.4, -0.2) is 30.1 Å².